The van der Waals surface area contributed by atoms with Crippen LogP contribution in [0.2, 0.25) is 0 Å². The highest BCUT2D eigenvalue weighted by Gasteiger charge is 2.19. The van der Waals surface area contributed by atoms with Crippen molar-refractivity contribution >= 4 is 17.9 Å². The number of rotatable bonds is 54. The minimum absolute atomic E-state index is 0.0943. The highest BCUT2D eigenvalue weighted by atomic mass is 16.6. The smallest absolute Gasteiger partial charge is 0.306 e. The summed E-state index contributed by atoms with van der Waals surface area (Å²) in [6.45, 7) is 6.50. The second-order valence-electron chi connectivity index (χ2n) is 19.9. The molecule has 0 N–H and O–H groups in total. The molecule has 1 atom stereocenters. The Morgan fingerprint density at radius 3 is 0.871 bits per heavy atom. The standard InChI is InChI=1S/C64H112O6/c1-4-7-10-13-16-19-22-25-28-31-32-34-36-39-42-45-48-51-54-57-63(66)69-60-61(59-68-62(65)56-53-50-47-44-41-38-35-30-27-24-21-18-15-12-9-6-3)70-64(67)58-55-52-49-46-43-40-37-33-29-26-23-20-17-14-11-8-5-2/h7,10,16,19,25,28,32,34,39,42,48,51,61H,4-6,8-9,11-15,17-18,20-24,26-27,29-31,33,35-38,40-41,43-47,49-50,52-60H2,1-3H3/b10-7+,19-16+,28-25+,34-32+,42-39+,51-48+/t61-/m1/s1. The first-order valence-corrected chi connectivity index (χ1v) is 29.9. The summed E-state index contributed by atoms with van der Waals surface area (Å²) in [5.74, 6) is -0.967. The summed E-state index contributed by atoms with van der Waals surface area (Å²) in [4.78, 5) is 38.2. The van der Waals surface area contributed by atoms with Crippen LogP contribution in [0.25, 0.3) is 0 Å². The molecule has 0 heterocycles. The van der Waals surface area contributed by atoms with Gasteiger partial charge in [-0.3, -0.25) is 14.4 Å². The molecule has 0 aromatic rings. The summed E-state index contributed by atoms with van der Waals surface area (Å²) in [6.07, 6.45) is 74.8. The van der Waals surface area contributed by atoms with Crippen LogP contribution >= 0.6 is 0 Å². The van der Waals surface area contributed by atoms with Gasteiger partial charge in [-0.15, -0.1) is 0 Å². The molecule has 70 heavy (non-hydrogen) atoms. The number of allylic oxidation sites excluding steroid dienone is 12. The second kappa shape index (κ2) is 58.4. The second-order valence-corrected chi connectivity index (χ2v) is 19.9. The van der Waals surface area contributed by atoms with E-state index in [0.717, 1.165) is 77.0 Å². The number of hydrogen-bond acceptors (Lipinski definition) is 6. The Bertz CT molecular complexity index is 1310. The first-order valence-electron chi connectivity index (χ1n) is 29.9. The van der Waals surface area contributed by atoms with Crippen LogP contribution in [-0.2, 0) is 28.6 Å². The van der Waals surface area contributed by atoms with Crippen molar-refractivity contribution < 1.29 is 28.6 Å². The average Bonchev–Trinajstić information content (AvgIpc) is 3.36. The van der Waals surface area contributed by atoms with Crippen LogP contribution in [-0.4, -0.2) is 37.2 Å². The maximum atomic E-state index is 12.9. The van der Waals surface area contributed by atoms with Gasteiger partial charge >= 0.3 is 17.9 Å². The average molecular weight is 978 g/mol. The molecular formula is C64H112O6. The fraction of sp³-hybridized carbons (Fsp3) is 0.766. The maximum absolute atomic E-state index is 12.9. The van der Waals surface area contributed by atoms with Crippen molar-refractivity contribution in [3.63, 3.8) is 0 Å². The molecule has 0 spiro atoms. The van der Waals surface area contributed by atoms with Crippen molar-refractivity contribution in [1.82, 2.24) is 0 Å². The fourth-order valence-electron chi connectivity index (χ4n) is 8.53. The molecule has 0 amide bonds. The van der Waals surface area contributed by atoms with Crippen LogP contribution in [0.3, 0.4) is 0 Å². The predicted molar refractivity (Wildman–Crippen MR) is 302 cm³/mol. The summed E-state index contributed by atoms with van der Waals surface area (Å²) in [5, 5.41) is 0. The van der Waals surface area contributed by atoms with Gasteiger partial charge in [-0.2, -0.15) is 0 Å². The maximum Gasteiger partial charge on any atom is 0.306 e. The Morgan fingerprint density at radius 2 is 0.557 bits per heavy atom. The van der Waals surface area contributed by atoms with Crippen molar-refractivity contribution in [1.29, 1.82) is 0 Å². The van der Waals surface area contributed by atoms with E-state index in [1.807, 2.05) is 6.08 Å². The van der Waals surface area contributed by atoms with Crippen molar-refractivity contribution in [2.24, 2.45) is 0 Å². The largest absolute Gasteiger partial charge is 0.462 e. The van der Waals surface area contributed by atoms with E-state index < -0.39 is 6.10 Å². The highest BCUT2D eigenvalue weighted by Crippen LogP contribution is 2.17. The molecule has 0 bridgehead atoms. The van der Waals surface area contributed by atoms with Crippen LogP contribution in [0.15, 0.2) is 72.9 Å². The summed E-state index contributed by atoms with van der Waals surface area (Å²) < 4.78 is 16.8. The van der Waals surface area contributed by atoms with E-state index in [2.05, 4.69) is 87.6 Å². The van der Waals surface area contributed by atoms with E-state index in [4.69, 9.17) is 14.2 Å². The quantitative estimate of drug-likeness (QED) is 0.0261. The topological polar surface area (TPSA) is 78.9 Å². The van der Waals surface area contributed by atoms with Gasteiger partial charge in [0.25, 0.3) is 0 Å². The Kier molecular flexibility index (Phi) is 55.8. The third kappa shape index (κ3) is 55.8. The van der Waals surface area contributed by atoms with E-state index in [9.17, 15) is 14.4 Å². The van der Waals surface area contributed by atoms with Crippen LogP contribution in [0.4, 0.5) is 0 Å². The van der Waals surface area contributed by atoms with E-state index >= 15 is 0 Å². The minimum atomic E-state index is -0.803. The Labute approximate surface area is 433 Å². The lowest BCUT2D eigenvalue weighted by molar-refractivity contribution is -0.166. The highest BCUT2D eigenvalue weighted by molar-refractivity contribution is 5.71. The van der Waals surface area contributed by atoms with Gasteiger partial charge in [-0.1, -0.05) is 293 Å². The number of carbonyl (C=O) groups is 3. The van der Waals surface area contributed by atoms with Crippen LogP contribution < -0.4 is 0 Å². The van der Waals surface area contributed by atoms with E-state index in [1.165, 1.54) is 173 Å². The van der Waals surface area contributed by atoms with Crippen molar-refractivity contribution in [2.45, 2.75) is 303 Å². The van der Waals surface area contributed by atoms with Gasteiger partial charge < -0.3 is 14.2 Å². The summed E-state index contributed by atoms with van der Waals surface area (Å²) >= 11 is 0. The van der Waals surface area contributed by atoms with Gasteiger partial charge in [-0.25, -0.2) is 0 Å². The monoisotopic (exact) mass is 977 g/mol. The number of unbranched alkanes of at least 4 members (excludes halogenated alkanes) is 31. The molecule has 6 heteroatoms. The SMILES string of the molecule is CC/C=C/C/C=C/C/C=C/C/C=C/C/C=C/C/C=C/CCC(=O)OC[C@@H](COC(=O)CCCCCCCCCCCCCCCCCC)OC(=O)CCCCCCCCCCCCCCCCCCC. The molecule has 0 saturated heterocycles. The van der Waals surface area contributed by atoms with Crippen molar-refractivity contribution in [2.75, 3.05) is 13.2 Å². The van der Waals surface area contributed by atoms with Gasteiger partial charge in [0.15, 0.2) is 6.10 Å². The molecule has 0 unspecified atom stereocenters. The van der Waals surface area contributed by atoms with Gasteiger partial charge in [0.2, 0.25) is 0 Å². The molecule has 0 aliphatic carbocycles. The molecule has 0 aromatic heterocycles. The zero-order valence-corrected chi connectivity index (χ0v) is 46.3. The zero-order chi connectivity index (χ0) is 50.7. The number of esters is 3. The molecule has 0 radical (unpaired) electrons. The minimum Gasteiger partial charge on any atom is -0.462 e. The van der Waals surface area contributed by atoms with Crippen LogP contribution in [0, 0.1) is 0 Å². The van der Waals surface area contributed by atoms with E-state index in [1.54, 1.807) is 0 Å². The zero-order valence-electron chi connectivity index (χ0n) is 46.3. The van der Waals surface area contributed by atoms with Gasteiger partial charge in [0, 0.05) is 19.3 Å². The molecular weight excluding hydrogens is 865 g/mol. The Hall–Kier alpha value is -3.15. The van der Waals surface area contributed by atoms with Crippen molar-refractivity contribution in [3.05, 3.63) is 72.9 Å². The summed E-state index contributed by atoms with van der Waals surface area (Å²) in [7, 11) is 0. The van der Waals surface area contributed by atoms with Gasteiger partial charge in [-0.05, 0) is 57.8 Å². The first-order chi connectivity index (χ1) is 34.5. The van der Waals surface area contributed by atoms with Gasteiger partial charge in [0.05, 0.1) is 0 Å². The third-order valence-electron chi connectivity index (χ3n) is 13.0. The normalized spacial score (nSPS) is 12.6. The van der Waals surface area contributed by atoms with Gasteiger partial charge in [0.1, 0.15) is 13.2 Å². The lowest BCUT2D eigenvalue weighted by atomic mass is 10.0. The molecule has 0 saturated carbocycles. The molecule has 0 aromatic carbocycles. The number of carbonyl (C=O) groups excluding carboxylic acids is 3. The summed E-state index contributed by atoms with van der Waals surface area (Å²) in [5.41, 5.74) is 0. The predicted octanol–water partition coefficient (Wildman–Crippen LogP) is 20.2. The molecule has 0 aliphatic rings. The molecule has 0 fully saturated rings. The van der Waals surface area contributed by atoms with Crippen LogP contribution in [0.5, 0.6) is 0 Å². The Balaban J connectivity index is 4.46. The fourth-order valence-corrected chi connectivity index (χ4v) is 8.53. The lowest BCUT2D eigenvalue weighted by Gasteiger charge is -2.18. The van der Waals surface area contributed by atoms with Crippen LogP contribution in [0.1, 0.15) is 297 Å². The summed E-state index contributed by atoms with van der Waals surface area (Å²) in [6, 6.07) is 0. The van der Waals surface area contributed by atoms with E-state index in [-0.39, 0.29) is 37.5 Å². The number of hydrogen-bond donors (Lipinski definition) is 0. The molecule has 6 nitrogen and oxygen atoms in total. The third-order valence-corrected chi connectivity index (χ3v) is 13.0. The molecule has 404 valence electrons. The molecule has 0 rings (SSSR count). The number of ether oxygens (including phenoxy) is 3. The first kappa shape index (κ1) is 66.9. The lowest BCUT2D eigenvalue weighted by Crippen LogP contribution is -2.30. The van der Waals surface area contributed by atoms with E-state index in [0.29, 0.717) is 19.3 Å². The Morgan fingerprint density at radius 1 is 0.300 bits per heavy atom. The van der Waals surface area contributed by atoms with Crippen molar-refractivity contribution in [3.8, 4) is 0 Å². The molecule has 0 aliphatic heterocycles.